The number of nitrogens with one attached hydrogen (secondary N) is 1. The molecule has 2 heterocycles. The number of piperazine rings is 1. The number of nitrogens with two attached hydrogens (primary N) is 1. The molecule has 0 saturated carbocycles. The largest absolute Gasteiger partial charge is 0.339 e. The van der Waals surface area contributed by atoms with Crippen LogP contribution in [0.3, 0.4) is 0 Å². The van der Waals surface area contributed by atoms with Gasteiger partial charge < -0.3 is 10.6 Å². The molecule has 1 aliphatic heterocycles. The lowest BCUT2D eigenvalue weighted by atomic mass is 9.95. The maximum Gasteiger partial charge on any atom is 0.242 e. The standard InChI is InChI=1S/C14H24N6O2S.ClH/c1-3-4-14(2,15)12(22)20-7-5-19(6-8-20)9-11(21)17-13-18-16-10-23-13;/h10H,3-9,15H2,1-2H3,(H,17,18,21);1H. The van der Waals surface area contributed by atoms with Crippen molar-refractivity contribution in [2.24, 2.45) is 5.73 Å². The Balaban J connectivity index is 0.00000288. The minimum atomic E-state index is -0.799. The summed E-state index contributed by atoms with van der Waals surface area (Å²) in [6.07, 6.45) is 1.56. The minimum absolute atomic E-state index is 0. The zero-order valence-electron chi connectivity index (χ0n) is 14.0. The summed E-state index contributed by atoms with van der Waals surface area (Å²) in [7, 11) is 0. The molecule has 1 aromatic heterocycles. The number of carbonyl (C=O) groups excluding carboxylic acids is 2. The van der Waals surface area contributed by atoms with Crippen LogP contribution < -0.4 is 11.1 Å². The number of carbonyl (C=O) groups is 2. The molecule has 1 aromatic rings. The van der Waals surface area contributed by atoms with E-state index >= 15 is 0 Å². The first-order valence-electron chi connectivity index (χ1n) is 7.79. The van der Waals surface area contributed by atoms with E-state index in [0.717, 1.165) is 6.42 Å². The molecule has 8 nitrogen and oxygen atoms in total. The van der Waals surface area contributed by atoms with Gasteiger partial charge in [-0.3, -0.25) is 19.8 Å². The van der Waals surface area contributed by atoms with Crippen LogP contribution >= 0.6 is 23.7 Å². The molecule has 1 unspecified atom stereocenters. The van der Waals surface area contributed by atoms with E-state index in [1.807, 2.05) is 11.8 Å². The van der Waals surface area contributed by atoms with E-state index in [2.05, 4.69) is 15.5 Å². The van der Waals surface area contributed by atoms with Gasteiger partial charge in [-0.05, 0) is 13.3 Å². The highest BCUT2D eigenvalue weighted by Gasteiger charge is 2.33. The first-order chi connectivity index (χ1) is 10.9. The molecule has 0 spiro atoms. The van der Waals surface area contributed by atoms with Gasteiger partial charge in [-0.15, -0.1) is 22.6 Å². The van der Waals surface area contributed by atoms with Crippen molar-refractivity contribution in [1.82, 2.24) is 20.0 Å². The van der Waals surface area contributed by atoms with Crippen LogP contribution in [0.15, 0.2) is 5.51 Å². The van der Waals surface area contributed by atoms with Crippen LogP contribution in [0.1, 0.15) is 26.7 Å². The van der Waals surface area contributed by atoms with Crippen LogP contribution in [0.4, 0.5) is 5.13 Å². The van der Waals surface area contributed by atoms with Crippen LogP contribution in [0.2, 0.25) is 0 Å². The number of aromatic nitrogens is 2. The van der Waals surface area contributed by atoms with Crippen molar-refractivity contribution in [2.75, 3.05) is 38.0 Å². The van der Waals surface area contributed by atoms with Crippen LogP contribution in [0.25, 0.3) is 0 Å². The summed E-state index contributed by atoms with van der Waals surface area (Å²) in [6.45, 7) is 6.63. The quantitative estimate of drug-likeness (QED) is 0.751. The van der Waals surface area contributed by atoms with E-state index in [1.165, 1.54) is 11.3 Å². The molecule has 2 amide bonds. The normalized spacial score (nSPS) is 17.7. The van der Waals surface area contributed by atoms with Crippen LogP contribution in [0.5, 0.6) is 0 Å². The smallest absolute Gasteiger partial charge is 0.242 e. The Hall–Kier alpha value is -1.29. The summed E-state index contributed by atoms with van der Waals surface area (Å²) in [5.41, 5.74) is 6.88. The Kier molecular flexibility index (Phi) is 8.01. The Bertz CT molecular complexity index is 531. The second kappa shape index (κ2) is 9.26. The summed E-state index contributed by atoms with van der Waals surface area (Å²) in [6, 6.07) is 0. The maximum absolute atomic E-state index is 12.4. The monoisotopic (exact) mass is 376 g/mol. The van der Waals surface area contributed by atoms with E-state index in [1.54, 1.807) is 17.3 Å². The van der Waals surface area contributed by atoms with Crippen molar-refractivity contribution in [2.45, 2.75) is 32.2 Å². The van der Waals surface area contributed by atoms with Crippen LogP contribution in [-0.4, -0.2) is 70.1 Å². The highest BCUT2D eigenvalue weighted by molar-refractivity contribution is 7.13. The third kappa shape index (κ3) is 5.66. The van der Waals surface area contributed by atoms with Gasteiger partial charge >= 0.3 is 0 Å². The molecule has 3 N–H and O–H groups in total. The van der Waals surface area contributed by atoms with Crippen molar-refractivity contribution >= 4 is 40.7 Å². The Morgan fingerprint density at radius 1 is 1.38 bits per heavy atom. The highest BCUT2D eigenvalue weighted by Crippen LogP contribution is 2.15. The van der Waals surface area contributed by atoms with E-state index < -0.39 is 5.54 Å². The SMILES string of the molecule is CCCC(C)(N)C(=O)N1CCN(CC(=O)Nc2nncs2)CC1.Cl. The van der Waals surface area contributed by atoms with Gasteiger partial charge in [0.25, 0.3) is 0 Å². The van der Waals surface area contributed by atoms with Gasteiger partial charge in [0.15, 0.2) is 0 Å². The zero-order chi connectivity index (χ0) is 16.9. The minimum Gasteiger partial charge on any atom is -0.339 e. The summed E-state index contributed by atoms with van der Waals surface area (Å²) in [5, 5.41) is 10.7. The Labute approximate surface area is 152 Å². The summed E-state index contributed by atoms with van der Waals surface area (Å²) in [5.74, 6) is -0.117. The maximum atomic E-state index is 12.4. The molecule has 0 radical (unpaired) electrons. The third-order valence-electron chi connectivity index (χ3n) is 3.89. The number of anilines is 1. The van der Waals surface area contributed by atoms with Gasteiger partial charge in [0.05, 0.1) is 12.1 Å². The van der Waals surface area contributed by atoms with Gasteiger partial charge in [0.2, 0.25) is 16.9 Å². The van der Waals surface area contributed by atoms with Crippen molar-refractivity contribution in [3.05, 3.63) is 5.51 Å². The fourth-order valence-corrected chi connectivity index (χ4v) is 3.15. The molecule has 24 heavy (non-hydrogen) atoms. The van der Waals surface area contributed by atoms with Gasteiger partial charge in [-0.1, -0.05) is 24.7 Å². The fraction of sp³-hybridized carbons (Fsp3) is 0.714. The first-order valence-corrected chi connectivity index (χ1v) is 8.67. The molecule has 0 aliphatic carbocycles. The van der Waals surface area contributed by atoms with Gasteiger partial charge in [0, 0.05) is 26.2 Å². The number of halogens is 1. The van der Waals surface area contributed by atoms with Crippen molar-refractivity contribution in [3.63, 3.8) is 0 Å². The molecule has 1 saturated heterocycles. The lowest BCUT2D eigenvalue weighted by Gasteiger charge is -2.38. The van der Waals surface area contributed by atoms with E-state index in [-0.39, 0.29) is 30.8 Å². The lowest BCUT2D eigenvalue weighted by Crippen LogP contribution is -2.58. The number of hydrogen-bond donors (Lipinski definition) is 2. The highest BCUT2D eigenvalue weighted by atomic mass is 35.5. The summed E-state index contributed by atoms with van der Waals surface area (Å²) >= 11 is 1.29. The second-order valence-electron chi connectivity index (χ2n) is 6.03. The van der Waals surface area contributed by atoms with Gasteiger partial charge in [-0.2, -0.15) is 0 Å². The molecule has 0 bridgehead atoms. The zero-order valence-corrected chi connectivity index (χ0v) is 15.7. The predicted molar refractivity (Wildman–Crippen MR) is 96.3 cm³/mol. The van der Waals surface area contributed by atoms with Crippen LogP contribution in [0, 0.1) is 0 Å². The lowest BCUT2D eigenvalue weighted by molar-refractivity contribution is -0.138. The second-order valence-corrected chi connectivity index (χ2v) is 6.86. The van der Waals surface area contributed by atoms with Gasteiger partial charge in [-0.25, -0.2) is 0 Å². The van der Waals surface area contributed by atoms with E-state index in [0.29, 0.717) is 37.7 Å². The molecule has 1 atom stereocenters. The molecule has 10 heteroatoms. The molecule has 1 aliphatic rings. The third-order valence-corrected chi connectivity index (χ3v) is 4.50. The average molecular weight is 377 g/mol. The van der Waals surface area contributed by atoms with Gasteiger partial charge in [0.1, 0.15) is 5.51 Å². The fourth-order valence-electron chi connectivity index (χ4n) is 2.69. The number of hydrogen-bond acceptors (Lipinski definition) is 7. The molecular formula is C14H25ClN6O2S. The Morgan fingerprint density at radius 3 is 2.58 bits per heavy atom. The topological polar surface area (TPSA) is 104 Å². The number of nitrogens with zero attached hydrogens (tertiary/aromatic N) is 4. The number of rotatable bonds is 6. The predicted octanol–water partition coefficient (Wildman–Crippen LogP) is 0.560. The van der Waals surface area contributed by atoms with Crippen molar-refractivity contribution in [1.29, 1.82) is 0 Å². The Morgan fingerprint density at radius 2 is 2.04 bits per heavy atom. The van der Waals surface area contributed by atoms with Crippen molar-refractivity contribution in [3.8, 4) is 0 Å². The number of amides is 2. The summed E-state index contributed by atoms with van der Waals surface area (Å²) in [4.78, 5) is 28.2. The van der Waals surface area contributed by atoms with Crippen molar-refractivity contribution < 1.29 is 9.59 Å². The molecule has 0 aromatic carbocycles. The van der Waals surface area contributed by atoms with E-state index in [9.17, 15) is 9.59 Å². The molecule has 2 rings (SSSR count). The first kappa shape index (κ1) is 20.8. The molecule has 1 fully saturated rings. The van der Waals surface area contributed by atoms with E-state index in [4.69, 9.17) is 5.73 Å². The van der Waals surface area contributed by atoms with Crippen LogP contribution in [-0.2, 0) is 9.59 Å². The average Bonchev–Trinajstić information content (AvgIpc) is 3.00. The molecule has 136 valence electrons. The summed E-state index contributed by atoms with van der Waals surface area (Å²) < 4.78 is 0. The molecular weight excluding hydrogens is 352 g/mol.